The molecule has 3 rings (SSSR count). The average molecular weight is 441 g/mol. The van der Waals surface area contributed by atoms with Crippen LogP contribution in [0, 0.1) is 0 Å². The fourth-order valence-electron chi connectivity index (χ4n) is 2.64. The third-order valence-electron chi connectivity index (χ3n) is 3.94. The van der Waals surface area contributed by atoms with Gasteiger partial charge in [-0.15, -0.1) is 11.3 Å². The van der Waals surface area contributed by atoms with E-state index in [2.05, 4.69) is 15.3 Å². The van der Waals surface area contributed by atoms with E-state index in [9.17, 15) is 18.0 Å². The van der Waals surface area contributed by atoms with E-state index < -0.39 is 11.7 Å². The van der Waals surface area contributed by atoms with E-state index in [4.69, 9.17) is 11.6 Å². The second kappa shape index (κ2) is 8.38. The van der Waals surface area contributed by atoms with Crippen molar-refractivity contribution in [1.82, 2.24) is 9.97 Å². The molecule has 2 aromatic heterocycles. The molecule has 0 fully saturated rings. The van der Waals surface area contributed by atoms with Gasteiger partial charge in [-0.1, -0.05) is 17.7 Å². The van der Waals surface area contributed by atoms with Crippen LogP contribution in [0.1, 0.15) is 26.4 Å². The first-order valence-electron chi connectivity index (χ1n) is 8.39. The van der Waals surface area contributed by atoms with E-state index in [1.807, 2.05) is 0 Å². The summed E-state index contributed by atoms with van der Waals surface area (Å²) in [6, 6.07) is 7.11. The molecule has 0 radical (unpaired) electrons. The fourth-order valence-corrected chi connectivity index (χ4v) is 3.71. The van der Waals surface area contributed by atoms with Gasteiger partial charge in [-0.3, -0.25) is 10.1 Å². The Labute approximate surface area is 174 Å². The predicted octanol–water partition coefficient (Wildman–Crippen LogP) is 5.12. The van der Waals surface area contributed by atoms with Gasteiger partial charge in [-0.05, 0) is 29.8 Å². The van der Waals surface area contributed by atoms with Crippen molar-refractivity contribution in [3.63, 3.8) is 0 Å². The third kappa shape index (κ3) is 5.04. The first-order chi connectivity index (χ1) is 13.6. The Balaban J connectivity index is 1.75. The third-order valence-corrected chi connectivity index (χ3v) is 5.19. The van der Waals surface area contributed by atoms with E-state index in [1.165, 1.54) is 29.7 Å². The minimum atomic E-state index is -4.52. The van der Waals surface area contributed by atoms with Crippen molar-refractivity contribution >= 4 is 39.8 Å². The lowest BCUT2D eigenvalue weighted by Crippen LogP contribution is -2.19. The van der Waals surface area contributed by atoms with Crippen molar-refractivity contribution < 1.29 is 18.0 Å². The fraction of sp³-hybridized carbons (Fsp3) is 0.211. The van der Waals surface area contributed by atoms with Crippen LogP contribution in [0.25, 0.3) is 0 Å². The number of benzene rings is 1. The lowest BCUT2D eigenvalue weighted by Gasteiger charge is -2.14. The van der Waals surface area contributed by atoms with Crippen LogP contribution in [0.4, 0.5) is 24.1 Å². The number of aromatic nitrogens is 2. The Morgan fingerprint density at radius 3 is 2.69 bits per heavy atom. The van der Waals surface area contributed by atoms with Crippen LogP contribution < -0.4 is 10.2 Å². The zero-order valence-electron chi connectivity index (χ0n) is 15.4. The number of thiazole rings is 1. The van der Waals surface area contributed by atoms with Crippen LogP contribution in [0.3, 0.4) is 0 Å². The zero-order chi connectivity index (χ0) is 21.2. The summed E-state index contributed by atoms with van der Waals surface area (Å²) >= 11 is 6.84. The summed E-state index contributed by atoms with van der Waals surface area (Å²) in [6.45, 7) is 0. The number of carbonyl (C=O) groups is 1. The number of hydrogen-bond acceptors (Lipinski definition) is 5. The topological polar surface area (TPSA) is 58.1 Å². The molecule has 3 aromatic rings. The van der Waals surface area contributed by atoms with Crippen LogP contribution >= 0.6 is 22.9 Å². The summed E-state index contributed by atoms with van der Waals surface area (Å²) in [5.41, 5.74) is -0.0327. The number of hydrogen-bond donors (Lipinski definition) is 1. The van der Waals surface area contributed by atoms with Crippen molar-refractivity contribution in [1.29, 1.82) is 0 Å². The van der Waals surface area contributed by atoms with Crippen molar-refractivity contribution in [3.05, 3.63) is 69.3 Å². The standard InChI is InChI=1S/C19H16ClF3N4OS/c1-27(2)16-13(4-3-7-24-16)17(28)26-18-25-10-12(29-18)8-11-5-6-15(20)14(9-11)19(21,22)23/h3-7,9-10H,8H2,1-2H3,(H,25,26,28). The SMILES string of the molecule is CN(C)c1ncccc1C(=O)Nc1ncc(Cc2ccc(Cl)c(C(F)(F)F)c2)s1. The van der Waals surface area contributed by atoms with Gasteiger partial charge in [0, 0.05) is 37.8 Å². The highest BCUT2D eigenvalue weighted by molar-refractivity contribution is 7.15. The molecule has 0 aliphatic carbocycles. The van der Waals surface area contributed by atoms with Gasteiger partial charge in [-0.2, -0.15) is 13.2 Å². The number of rotatable bonds is 5. The normalized spacial score (nSPS) is 11.4. The highest BCUT2D eigenvalue weighted by atomic mass is 35.5. The maximum absolute atomic E-state index is 13.0. The summed E-state index contributed by atoms with van der Waals surface area (Å²) in [5, 5.41) is 2.71. The molecule has 0 bridgehead atoms. The molecule has 0 atom stereocenters. The van der Waals surface area contributed by atoms with Crippen molar-refractivity contribution in [2.24, 2.45) is 0 Å². The van der Waals surface area contributed by atoms with Gasteiger partial charge in [0.05, 0.1) is 16.1 Å². The number of carbonyl (C=O) groups excluding carboxylic acids is 1. The summed E-state index contributed by atoms with van der Waals surface area (Å²) in [5.74, 6) is 0.149. The molecule has 0 aliphatic heterocycles. The molecule has 29 heavy (non-hydrogen) atoms. The van der Waals surface area contributed by atoms with Gasteiger partial charge in [0.15, 0.2) is 5.13 Å². The number of anilines is 2. The highest BCUT2D eigenvalue weighted by Gasteiger charge is 2.33. The van der Waals surface area contributed by atoms with Crippen molar-refractivity contribution in [2.45, 2.75) is 12.6 Å². The van der Waals surface area contributed by atoms with Crippen LogP contribution in [0.2, 0.25) is 5.02 Å². The molecule has 1 amide bonds. The van der Waals surface area contributed by atoms with Crippen molar-refractivity contribution in [2.75, 3.05) is 24.3 Å². The quantitative estimate of drug-likeness (QED) is 0.598. The Morgan fingerprint density at radius 2 is 2.00 bits per heavy atom. The minimum absolute atomic E-state index is 0.240. The molecule has 0 saturated carbocycles. The van der Waals surface area contributed by atoms with Crippen LogP contribution in [-0.2, 0) is 12.6 Å². The molecule has 1 N–H and O–H groups in total. The van der Waals surface area contributed by atoms with E-state index in [-0.39, 0.29) is 17.4 Å². The number of alkyl halides is 3. The largest absolute Gasteiger partial charge is 0.417 e. The van der Waals surface area contributed by atoms with Gasteiger partial charge >= 0.3 is 6.18 Å². The minimum Gasteiger partial charge on any atom is -0.362 e. The highest BCUT2D eigenvalue weighted by Crippen LogP contribution is 2.35. The van der Waals surface area contributed by atoms with Gasteiger partial charge in [0.2, 0.25) is 0 Å². The lowest BCUT2D eigenvalue weighted by molar-refractivity contribution is -0.137. The maximum atomic E-state index is 13.0. The number of pyridine rings is 1. The molecule has 1 aromatic carbocycles. The maximum Gasteiger partial charge on any atom is 0.417 e. The zero-order valence-corrected chi connectivity index (χ0v) is 17.0. The first kappa shape index (κ1) is 21.1. The van der Waals surface area contributed by atoms with Gasteiger partial charge in [0.1, 0.15) is 5.82 Å². The first-order valence-corrected chi connectivity index (χ1v) is 9.58. The molecule has 0 spiro atoms. The summed E-state index contributed by atoms with van der Waals surface area (Å²) in [4.78, 5) is 23.3. The molecule has 0 saturated heterocycles. The molecule has 152 valence electrons. The lowest BCUT2D eigenvalue weighted by atomic mass is 10.1. The van der Waals surface area contributed by atoms with Crippen molar-refractivity contribution in [3.8, 4) is 0 Å². The molecule has 10 heteroatoms. The van der Waals surface area contributed by atoms with Gasteiger partial charge in [-0.25, -0.2) is 9.97 Å². The van der Waals surface area contributed by atoms with Crippen LogP contribution in [0.15, 0.2) is 42.7 Å². The summed E-state index contributed by atoms with van der Waals surface area (Å²) < 4.78 is 39.0. The van der Waals surface area contributed by atoms with E-state index >= 15 is 0 Å². The predicted molar refractivity (Wildman–Crippen MR) is 108 cm³/mol. The van der Waals surface area contributed by atoms with E-state index in [0.29, 0.717) is 27.0 Å². The smallest absolute Gasteiger partial charge is 0.362 e. The monoisotopic (exact) mass is 440 g/mol. The number of amides is 1. The molecule has 0 aliphatic rings. The Bertz CT molecular complexity index is 1040. The van der Waals surface area contributed by atoms with E-state index in [1.54, 1.807) is 37.3 Å². The number of nitrogens with zero attached hydrogens (tertiary/aromatic N) is 3. The molecular weight excluding hydrogens is 425 g/mol. The molecule has 2 heterocycles. The molecular formula is C19H16ClF3N4OS. The Kier molecular flexibility index (Phi) is 6.09. The Hall–Kier alpha value is -2.65. The average Bonchev–Trinajstić information content (AvgIpc) is 3.09. The van der Waals surface area contributed by atoms with Gasteiger partial charge < -0.3 is 4.90 Å². The summed E-state index contributed by atoms with van der Waals surface area (Å²) in [7, 11) is 3.56. The second-order valence-corrected chi connectivity index (χ2v) is 7.87. The van der Waals surface area contributed by atoms with Crippen LogP contribution in [0.5, 0.6) is 0 Å². The Morgan fingerprint density at radius 1 is 1.24 bits per heavy atom. The number of halogens is 4. The number of nitrogens with one attached hydrogen (secondary N) is 1. The van der Waals surface area contributed by atoms with Crippen LogP contribution in [-0.4, -0.2) is 30.0 Å². The molecule has 0 unspecified atom stereocenters. The van der Waals surface area contributed by atoms with Gasteiger partial charge in [0.25, 0.3) is 5.91 Å². The second-order valence-electron chi connectivity index (χ2n) is 6.34. The van der Waals surface area contributed by atoms with E-state index in [0.717, 1.165) is 6.07 Å². The molecule has 5 nitrogen and oxygen atoms in total. The summed E-state index contributed by atoms with van der Waals surface area (Å²) in [6.07, 6.45) is -1.16.